The average Bonchev–Trinajstić information content (AvgIpc) is 3.25. The lowest BCUT2D eigenvalue weighted by molar-refractivity contribution is 0.0535. The van der Waals surface area contributed by atoms with E-state index in [4.69, 9.17) is 9.47 Å². The van der Waals surface area contributed by atoms with Gasteiger partial charge in [0.25, 0.3) is 11.8 Å². The van der Waals surface area contributed by atoms with Gasteiger partial charge in [-0.25, -0.2) is 0 Å². The highest BCUT2D eigenvalue weighted by Gasteiger charge is 2.27. The third kappa shape index (κ3) is 3.03. The largest absolute Gasteiger partial charge is 0.454 e. The Morgan fingerprint density at radius 1 is 0.923 bits per heavy atom. The molecule has 0 bridgehead atoms. The first-order valence-electron chi connectivity index (χ1n) is 8.58. The Labute approximate surface area is 155 Å². The molecule has 0 radical (unpaired) electrons. The minimum absolute atomic E-state index is 0.0436. The molecule has 4 rings (SSSR count). The van der Waals surface area contributed by atoms with Crippen molar-refractivity contribution in [2.24, 2.45) is 0 Å². The highest BCUT2D eigenvalue weighted by atomic mass is 32.1. The molecule has 26 heavy (non-hydrogen) atoms. The third-order valence-corrected chi connectivity index (χ3v) is 5.71. The van der Waals surface area contributed by atoms with Crippen LogP contribution in [0.15, 0.2) is 24.3 Å². The summed E-state index contributed by atoms with van der Waals surface area (Å²) < 4.78 is 10.6. The Balaban J connectivity index is 1.41. The highest BCUT2D eigenvalue weighted by molar-refractivity contribution is 7.12. The Kier molecular flexibility index (Phi) is 4.32. The number of nitrogens with zero attached hydrogens (tertiary/aromatic N) is 2. The highest BCUT2D eigenvalue weighted by Crippen LogP contribution is 2.33. The van der Waals surface area contributed by atoms with E-state index in [1.54, 1.807) is 34.4 Å². The monoisotopic (exact) mass is 372 g/mol. The quantitative estimate of drug-likeness (QED) is 0.813. The molecule has 1 saturated heterocycles. The first-order chi connectivity index (χ1) is 12.5. The molecule has 2 aromatic rings. The molecule has 6 nitrogen and oxygen atoms in total. The van der Waals surface area contributed by atoms with Crippen LogP contribution in [0.4, 0.5) is 0 Å². The SMILES string of the molecule is Cc1cc(C(=O)N2CCN(C(=O)c3ccc4c(c3)OCO4)CC2)c(C)s1. The molecule has 136 valence electrons. The van der Waals surface area contributed by atoms with E-state index in [2.05, 4.69) is 0 Å². The molecular formula is C19H20N2O4S. The summed E-state index contributed by atoms with van der Waals surface area (Å²) in [6.07, 6.45) is 0. The standard InChI is InChI=1S/C19H20N2O4S/c1-12-9-15(13(2)26-12)19(23)21-7-5-20(6-8-21)18(22)14-3-4-16-17(10-14)25-11-24-16/h3-4,9-10H,5-8,11H2,1-2H3. The van der Waals surface area contributed by atoms with Crippen LogP contribution in [0.2, 0.25) is 0 Å². The number of hydrogen-bond acceptors (Lipinski definition) is 5. The number of fused-ring (bicyclic) bond motifs is 1. The van der Waals surface area contributed by atoms with Crippen molar-refractivity contribution in [1.29, 1.82) is 0 Å². The Hall–Kier alpha value is -2.54. The summed E-state index contributed by atoms with van der Waals surface area (Å²) in [6.45, 7) is 6.32. The van der Waals surface area contributed by atoms with Crippen LogP contribution in [-0.4, -0.2) is 54.6 Å². The van der Waals surface area contributed by atoms with Crippen molar-refractivity contribution >= 4 is 23.2 Å². The maximum atomic E-state index is 12.7. The lowest BCUT2D eigenvalue weighted by Crippen LogP contribution is -2.50. The van der Waals surface area contributed by atoms with Crippen molar-refractivity contribution in [3.8, 4) is 11.5 Å². The molecule has 0 unspecified atom stereocenters. The van der Waals surface area contributed by atoms with Crippen molar-refractivity contribution in [2.45, 2.75) is 13.8 Å². The minimum Gasteiger partial charge on any atom is -0.454 e. The van der Waals surface area contributed by atoms with Crippen LogP contribution in [0.25, 0.3) is 0 Å². The normalized spacial score (nSPS) is 16.1. The fraction of sp³-hybridized carbons (Fsp3) is 0.368. The van der Waals surface area contributed by atoms with Gasteiger partial charge in [0.2, 0.25) is 6.79 Å². The molecule has 2 aliphatic heterocycles. The molecular weight excluding hydrogens is 352 g/mol. The minimum atomic E-state index is -0.0436. The molecule has 1 aromatic carbocycles. The second-order valence-corrected chi connectivity index (χ2v) is 7.94. The van der Waals surface area contributed by atoms with Gasteiger partial charge in [0.1, 0.15) is 0 Å². The van der Waals surface area contributed by atoms with E-state index < -0.39 is 0 Å². The van der Waals surface area contributed by atoms with E-state index in [1.165, 1.54) is 0 Å². The molecule has 0 atom stereocenters. The number of ether oxygens (including phenoxy) is 2. The zero-order chi connectivity index (χ0) is 18.3. The van der Waals surface area contributed by atoms with Crippen LogP contribution < -0.4 is 9.47 Å². The van der Waals surface area contributed by atoms with E-state index in [-0.39, 0.29) is 18.6 Å². The van der Waals surface area contributed by atoms with E-state index in [9.17, 15) is 9.59 Å². The number of carbonyl (C=O) groups is 2. The Morgan fingerprint density at radius 3 is 2.23 bits per heavy atom. The van der Waals surface area contributed by atoms with Crippen LogP contribution in [0.5, 0.6) is 11.5 Å². The number of carbonyl (C=O) groups excluding carboxylic acids is 2. The number of piperazine rings is 1. The van der Waals surface area contributed by atoms with Crippen molar-refractivity contribution in [3.05, 3.63) is 45.1 Å². The summed E-state index contributed by atoms with van der Waals surface area (Å²) in [5.74, 6) is 1.28. The fourth-order valence-corrected chi connectivity index (χ4v) is 4.25. The van der Waals surface area contributed by atoms with Crippen molar-refractivity contribution < 1.29 is 19.1 Å². The van der Waals surface area contributed by atoms with Gasteiger partial charge in [-0.1, -0.05) is 0 Å². The van der Waals surface area contributed by atoms with Gasteiger partial charge in [-0.15, -0.1) is 11.3 Å². The smallest absolute Gasteiger partial charge is 0.255 e. The summed E-state index contributed by atoms with van der Waals surface area (Å²) in [4.78, 5) is 31.2. The van der Waals surface area contributed by atoms with Gasteiger partial charge in [0, 0.05) is 41.5 Å². The maximum absolute atomic E-state index is 12.7. The number of thiophene rings is 1. The van der Waals surface area contributed by atoms with Crippen LogP contribution in [0, 0.1) is 13.8 Å². The summed E-state index contributed by atoms with van der Waals surface area (Å²) in [5.41, 5.74) is 1.36. The van der Waals surface area contributed by atoms with Crippen LogP contribution in [0.1, 0.15) is 30.5 Å². The predicted octanol–water partition coefficient (Wildman–Crippen LogP) is 2.69. The topological polar surface area (TPSA) is 59.1 Å². The van der Waals surface area contributed by atoms with E-state index in [1.807, 2.05) is 24.8 Å². The van der Waals surface area contributed by atoms with Gasteiger partial charge < -0.3 is 19.3 Å². The summed E-state index contributed by atoms with van der Waals surface area (Å²) in [7, 11) is 0. The number of aryl methyl sites for hydroxylation is 2. The lowest BCUT2D eigenvalue weighted by atomic mass is 10.1. The molecule has 0 N–H and O–H groups in total. The summed E-state index contributed by atoms with van der Waals surface area (Å²) in [5, 5.41) is 0. The zero-order valence-corrected chi connectivity index (χ0v) is 15.6. The summed E-state index contributed by atoms with van der Waals surface area (Å²) >= 11 is 1.64. The van der Waals surface area contributed by atoms with Crippen LogP contribution in [-0.2, 0) is 0 Å². The van der Waals surface area contributed by atoms with Crippen LogP contribution in [0.3, 0.4) is 0 Å². The molecule has 7 heteroatoms. The molecule has 1 aromatic heterocycles. The molecule has 1 fully saturated rings. The van der Waals surface area contributed by atoms with Crippen molar-refractivity contribution in [1.82, 2.24) is 9.80 Å². The first-order valence-corrected chi connectivity index (χ1v) is 9.40. The van der Waals surface area contributed by atoms with E-state index >= 15 is 0 Å². The van der Waals surface area contributed by atoms with E-state index in [0.717, 1.165) is 15.3 Å². The molecule has 0 spiro atoms. The van der Waals surface area contributed by atoms with Gasteiger partial charge in [-0.05, 0) is 38.1 Å². The number of rotatable bonds is 2. The molecule has 3 heterocycles. The van der Waals surface area contributed by atoms with Gasteiger partial charge in [0.15, 0.2) is 11.5 Å². The van der Waals surface area contributed by atoms with Crippen molar-refractivity contribution in [3.63, 3.8) is 0 Å². The Morgan fingerprint density at radius 2 is 1.58 bits per heavy atom. The van der Waals surface area contributed by atoms with Gasteiger partial charge in [-0.2, -0.15) is 0 Å². The third-order valence-electron chi connectivity index (χ3n) is 4.74. The van der Waals surface area contributed by atoms with Gasteiger partial charge in [0.05, 0.1) is 5.56 Å². The maximum Gasteiger partial charge on any atom is 0.255 e. The molecule has 0 aliphatic carbocycles. The average molecular weight is 372 g/mol. The van der Waals surface area contributed by atoms with Crippen LogP contribution >= 0.6 is 11.3 Å². The fourth-order valence-electron chi connectivity index (χ4n) is 3.34. The van der Waals surface area contributed by atoms with Gasteiger partial charge in [-0.3, -0.25) is 9.59 Å². The zero-order valence-electron chi connectivity index (χ0n) is 14.8. The number of hydrogen-bond donors (Lipinski definition) is 0. The first kappa shape index (κ1) is 16.9. The number of benzene rings is 1. The molecule has 0 saturated carbocycles. The number of amides is 2. The Bertz CT molecular complexity index is 868. The molecule has 2 amide bonds. The van der Waals surface area contributed by atoms with Gasteiger partial charge >= 0.3 is 0 Å². The lowest BCUT2D eigenvalue weighted by Gasteiger charge is -2.34. The summed E-state index contributed by atoms with van der Waals surface area (Å²) in [6, 6.07) is 7.19. The predicted molar refractivity (Wildman–Crippen MR) is 98.2 cm³/mol. The van der Waals surface area contributed by atoms with E-state index in [0.29, 0.717) is 43.2 Å². The second-order valence-electron chi connectivity index (χ2n) is 6.48. The second kappa shape index (κ2) is 6.64. The van der Waals surface area contributed by atoms with Crippen molar-refractivity contribution in [2.75, 3.05) is 33.0 Å². The molecule has 2 aliphatic rings.